The van der Waals surface area contributed by atoms with E-state index >= 15 is 0 Å². The summed E-state index contributed by atoms with van der Waals surface area (Å²) in [5, 5.41) is 9.80. The van der Waals surface area contributed by atoms with Gasteiger partial charge in [0.15, 0.2) is 0 Å². The first-order valence-corrected chi connectivity index (χ1v) is 8.38. The van der Waals surface area contributed by atoms with Crippen LogP contribution in [0, 0.1) is 0 Å². The predicted molar refractivity (Wildman–Crippen MR) is 97.5 cm³/mol. The van der Waals surface area contributed by atoms with Gasteiger partial charge in [0.2, 0.25) is 0 Å². The SMILES string of the molecule is Cl.O=C(NCCN1CCNCC1)c1cccc(-n2nccc2C(F)(F)F)c1. The first-order valence-electron chi connectivity index (χ1n) is 8.38. The number of halogens is 4. The number of hydrogen-bond acceptors (Lipinski definition) is 4. The van der Waals surface area contributed by atoms with E-state index in [-0.39, 0.29) is 24.0 Å². The number of aromatic nitrogens is 2. The summed E-state index contributed by atoms with van der Waals surface area (Å²) in [6, 6.07) is 6.91. The molecule has 0 saturated carbocycles. The minimum Gasteiger partial charge on any atom is -0.351 e. The van der Waals surface area contributed by atoms with Gasteiger partial charge < -0.3 is 10.6 Å². The normalized spacial score (nSPS) is 15.2. The zero-order chi connectivity index (χ0) is 18.6. The molecule has 2 aromatic rings. The molecular formula is C17H21ClF3N5O. The Hall–Kier alpha value is -2.10. The van der Waals surface area contributed by atoms with Crippen LogP contribution >= 0.6 is 12.4 Å². The highest BCUT2D eigenvalue weighted by atomic mass is 35.5. The topological polar surface area (TPSA) is 62.2 Å². The zero-order valence-electron chi connectivity index (χ0n) is 14.5. The van der Waals surface area contributed by atoms with E-state index < -0.39 is 11.9 Å². The van der Waals surface area contributed by atoms with Crippen LogP contribution in [0.25, 0.3) is 5.69 Å². The average molecular weight is 404 g/mol. The van der Waals surface area contributed by atoms with Crippen LogP contribution in [0.5, 0.6) is 0 Å². The maximum atomic E-state index is 13.0. The molecule has 0 aliphatic carbocycles. The summed E-state index contributed by atoms with van der Waals surface area (Å²) in [7, 11) is 0. The van der Waals surface area contributed by atoms with Crippen LogP contribution in [0.4, 0.5) is 13.2 Å². The van der Waals surface area contributed by atoms with Crippen LogP contribution in [0.3, 0.4) is 0 Å². The second-order valence-corrected chi connectivity index (χ2v) is 6.02. The van der Waals surface area contributed by atoms with Gasteiger partial charge in [-0.15, -0.1) is 12.4 Å². The minimum absolute atomic E-state index is 0. The van der Waals surface area contributed by atoms with Crippen molar-refractivity contribution in [3.8, 4) is 5.69 Å². The van der Waals surface area contributed by atoms with E-state index in [0.717, 1.165) is 49.7 Å². The molecule has 10 heteroatoms. The second-order valence-electron chi connectivity index (χ2n) is 6.02. The standard InChI is InChI=1S/C17H20F3N5O.ClH/c18-17(19,20)15-4-5-23-25(15)14-3-1-2-13(12-14)16(26)22-8-11-24-9-6-21-7-10-24;/h1-5,12,21H,6-11H2,(H,22,26);1H. The maximum absolute atomic E-state index is 13.0. The van der Waals surface area contributed by atoms with E-state index in [9.17, 15) is 18.0 Å². The zero-order valence-corrected chi connectivity index (χ0v) is 15.3. The number of alkyl halides is 3. The summed E-state index contributed by atoms with van der Waals surface area (Å²) < 4.78 is 39.9. The number of nitrogens with one attached hydrogen (secondary N) is 2. The molecule has 1 aliphatic heterocycles. The molecule has 0 spiro atoms. The summed E-state index contributed by atoms with van der Waals surface area (Å²) in [4.78, 5) is 14.5. The Morgan fingerprint density at radius 3 is 2.67 bits per heavy atom. The maximum Gasteiger partial charge on any atom is 0.433 e. The quantitative estimate of drug-likeness (QED) is 0.801. The van der Waals surface area contributed by atoms with Crippen LogP contribution in [-0.2, 0) is 6.18 Å². The van der Waals surface area contributed by atoms with Gasteiger partial charge in [0.05, 0.1) is 11.9 Å². The monoisotopic (exact) mass is 403 g/mol. The molecule has 0 unspecified atom stereocenters. The fourth-order valence-electron chi connectivity index (χ4n) is 2.87. The van der Waals surface area contributed by atoms with Gasteiger partial charge in [-0.2, -0.15) is 18.3 Å². The number of piperazine rings is 1. The third-order valence-corrected chi connectivity index (χ3v) is 4.21. The average Bonchev–Trinajstić information content (AvgIpc) is 3.13. The Morgan fingerprint density at radius 1 is 1.22 bits per heavy atom. The predicted octanol–water partition coefficient (Wildman–Crippen LogP) is 1.95. The first kappa shape index (κ1) is 21.2. The van der Waals surface area contributed by atoms with Crippen molar-refractivity contribution in [2.75, 3.05) is 39.3 Å². The van der Waals surface area contributed by atoms with Gasteiger partial charge in [-0.1, -0.05) is 6.07 Å². The molecule has 1 aromatic carbocycles. The van der Waals surface area contributed by atoms with E-state index in [2.05, 4.69) is 20.6 Å². The summed E-state index contributed by atoms with van der Waals surface area (Å²) in [5.74, 6) is -0.317. The molecular weight excluding hydrogens is 383 g/mol. The van der Waals surface area contributed by atoms with Gasteiger partial charge in [0.1, 0.15) is 5.69 Å². The summed E-state index contributed by atoms with van der Waals surface area (Å²) in [6.45, 7) is 4.96. The molecule has 0 radical (unpaired) electrons. The fraction of sp³-hybridized carbons (Fsp3) is 0.412. The van der Waals surface area contributed by atoms with Gasteiger partial charge in [-0.25, -0.2) is 4.68 Å². The van der Waals surface area contributed by atoms with Gasteiger partial charge in [0, 0.05) is 44.8 Å². The highest BCUT2D eigenvalue weighted by Crippen LogP contribution is 2.30. The van der Waals surface area contributed by atoms with Crippen LogP contribution < -0.4 is 10.6 Å². The number of amides is 1. The number of carbonyl (C=O) groups excluding carboxylic acids is 1. The largest absolute Gasteiger partial charge is 0.433 e. The van der Waals surface area contributed by atoms with Crippen molar-refractivity contribution < 1.29 is 18.0 Å². The summed E-state index contributed by atoms with van der Waals surface area (Å²) in [6.07, 6.45) is -3.43. The molecule has 0 atom stereocenters. The molecule has 3 rings (SSSR count). The second kappa shape index (κ2) is 9.20. The number of carbonyl (C=O) groups is 1. The smallest absolute Gasteiger partial charge is 0.351 e. The highest BCUT2D eigenvalue weighted by Gasteiger charge is 2.35. The van der Waals surface area contributed by atoms with E-state index in [1.165, 1.54) is 12.1 Å². The molecule has 1 aliphatic rings. The van der Waals surface area contributed by atoms with Gasteiger partial charge >= 0.3 is 6.18 Å². The summed E-state index contributed by atoms with van der Waals surface area (Å²) >= 11 is 0. The molecule has 148 valence electrons. The molecule has 1 aromatic heterocycles. The number of benzene rings is 1. The van der Waals surface area contributed by atoms with Crippen LogP contribution in [0.15, 0.2) is 36.5 Å². The van der Waals surface area contributed by atoms with Crippen molar-refractivity contribution in [1.82, 2.24) is 25.3 Å². The van der Waals surface area contributed by atoms with Crippen molar-refractivity contribution in [2.24, 2.45) is 0 Å². The fourth-order valence-corrected chi connectivity index (χ4v) is 2.87. The molecule has 2 heterocycles. The first-order chi connectivity index (χ1) is 12.4. The lowest BCUT2D eigenvalue weighted by Crippen LogP contribution is -2.46. The third kappa shape index (κ3) is 5.44. The Labute approximate surface area is 161 Å². The van der Waals surface area contributed by atoms with E-state index in [0.29, 0.717) is 12.1 Å². The van der Waals surface area contributed by atoms with Gasteiger partial charge in [-0.05, 0) is 24.3 Å². The number of nitrogens with zero attached hydrogens (tertiary/aromatic N) is 3. The molecule has 1 fully saturated rings. The lowest BCUT2D eigenvalue weighted by molar-refractivity contribution is -0.142. The molecule has 6 nitrogen and oxygen atoms in total. The molecule has 1 saturated heterocycles. The van der Waals surface area contributed by atoms with E-state index in [1.54, 1.807) is 12.1 Å². The minimum atomic E-state index is -4.52. The lowest BCUT2D eigenvalue weighted by Gasteiger charge is -2.27. The van der Waals surface area contributed by atoms with Crippen molar-refractivity contribution in [2.45, 2.75) is 6.18 Å². The van der Waals surface area contributed by atoms with E-state index in [4.69, 9.17) is 0 Å². The Bertz CT molecular complexity index is 759. The van der Waals surface area contributed by atoms with Crippen LogP contribution in [0.2, 0.25) is 0 Å². The van der Waals surface area contributed by atoms with Gasteiger partial charge in [0.25, 0.3) is 5.91 Å². The Morgan fingerprint density at radius 2 is 1.96 bits per heavy atom. The highest BCUT2D eigenvalue weighted by molar-refractivity contribution is 5.94. The molecule has 1 amide bonds. The molecule has 0 bridgehead atoms. The van der Waals surface area contributed by atoms with Crippen molar-refractivity contribution >= 4 is 18.3 Å². The van der Waals surface area contributed by atoms with Crippen LogP contribution in [-0.4, -0.2) is 59.9 Å². The number of hydrogen-bond donors (Lipinski definition) is 2. The van der Waals surface area contributed by atoms with E-state index in [1.807, 2.05) is 0 Å². The third-order valence-electron chi connectivity index (χ3n) is 4.21. The summed E-state index contributed by atoms with van der Waals surface area (Å²) in [5.41, 5.74) is -0.391. The van der Waals surface area contributed by atoms with Crippen molar-refractivity contribution in [3.63, 3.8) is 0 Å². The number of rotatable bonds is 5. The Balaban J connectivity index is 0.00000261. The molecule has 2 N–H and O–H groups in total. The lowest BCUT2D eigenvalue weighted by atomic mass is 10.2. The van der Waals surface area contributed by atoms with Gasteiger partial charge in [-0.3, -0.25) is 9.69 Å². The van der Waals surface area contributed by atoms with Crippen LogP contribution in [0.1, 0.15) is 16.1 Å². The van der Waals surface area contributed by atoms with Crippen molar-refractivity contribution in [3.05, 3.63) is 47.8 Å². The van der Waals surface area contributed by atoms with Crippen molar-refractivity contribution in [1.29, 1.82) is 0 Å². The molecule has 27 heavy (non-hydrogen) atoms. The Kier molecular flexibility index (Phi) is 7.23.